The van der Waals surface area contributed by atoms with E-state index in [9.17, 15) is 4.79 Å². The number of hydrogen-bond acceptors (Lipinski definition) is 3. The highest BCUT2D eigenvalue weighted by Crippen LogP contribution is 2.23. The van der Waals surface area contributed by atoms with Crippen molar-refractivity contribution in [2.75, 3.05) is 20.3 Å². The molecule has 1 aliphatic heterocycles. The summed E-state index contributed by atoms with van der Waals surface area (Å²) in [5, 5.41) is 9.14. The molecule has 2 atom stereocenters. The first-order chi connectivity index (χ1) is 8.59. The van der Waals surface area contributed by atoms with Gasteiger partial charge in [-0.05, 0) is 18.7 Å². The summed E-state index contributed by atoms with van der Waals surface area (Å²) in [5.74, 6) is -1.21. The lowest BCUT2D eigenvalue weighted by molar-refractivity contribution is -0.143. The molecule has 0 spiro atoms. The molecule has 4 nitrogen and oxygen atoms in total. The SMILES string of the molecule is CN(Cc1ccccc1Br)C1COCC1C(=O)O. The van der Waals surface area contributed by atoms with Crippen molar-refractivity contribution in [2.45, 2.75) is 12.6 Å². The Bertz CT molecular complexity index is 438. The van der Waals surface area contributed by atoms with Gasteiger partial charge in [0.2, 0.25) is 0 Å². The minimum absolute atomic E-state index is 0.0605. The first-order valence-electron chi connectivity index (χ1n) is 5.84. The maximum absolute atomic E-state index is 11.1. The molecule has 1 aromatic rings. The third-order valence-corrected chi connectivity index (χ3v) is 4.09. The number of likely N-dealkylation sites (N-methyl/N-ethyl adjacent to an activating group) is 1. The third-order valence-electron chi connectivity index (χ3n) is 3.31. The van der Waals surface area contributed by atoms with E-state index in [0.29, 0.717) is 19.8 Å². The molecule has 98 valence electrons. The molecule has 0 saturated carbocycles. The molecule has 1 saturated heterocycles. The summed E-state index contributed by atoms with van der Waals surface area (Å²) in [5.41, 5.74) is 1.15. The first kappa shape index (κ1) is 13.5. The molecule has 0 amide bonds. The van der Waals surface area contributed by atoms with Gasteiger partial charge in [0.05, 0.1) is 19.1 Å². The van der Waals surface area contributed by atoms with E-state index in [0.717, 1.165) is 10.0 Å². The van der Waals surface area contributed by atoms with E-state index in [4.69, 9.17) is 9.84 Å². The van der Waals surface area contributed by atoms with E-state index in [-0.39, 0.29) is 6.04 Å². The van der Waals surface area contributed by atoms with Gasteiger partial charge in [-0.25, -0.2) is 0 Å². The van der Waals surface area contributed by atoms with Gasteiger partial charge in [-0.2, -0.15) is 0 Å². The van der Waals surface area contributed by atoms with Crippen molar-refractivity contribution in [2.24, 2.45) is 5.92 Å². The van der Waals surface area contributed by atoms with Crippen molar-refractivity contribution in [1.82, 2.24) is 4.90 Å². The number of carboxylic acid groups (broad SMARTS) is 1. The van der Waals surface area contributed by atoms with Gasteiger partial charge in [-0.15, -0.1) is 0 Å². The Kier molecular flexibility index (Phi) is 4.37. The molecule has 0 aliphatic carbocycles. The fourth-order valence-corrected chi connectivity index (χ4v) is 2.64. The van der Waals surface area contributed by atoms with Gasteiger partial charge in [-0.1, -0.05) is 34.1 Å². The lowest BCUT2D eigenvalue weighted by Crippen LogP contribution is -2.40. The Morgan fingerprint density at radius 3 is 2.89 bits per heavy atom. The Balaban J connectivity index is 2.06. The number of aliphatic carboxylic acids is 1. The van der Waals surface area contributed by atoms with Crippen molar-refractivity contribution in [3.05, 3.63) is 34.3 Å². The molecule has 2 rings (SSSR count). The van der Waals surface area contributed by atoms with Gasteiger partial charge >= 0.3 is 5.97 Å². The highest BCUT2D eigenvalue weighted by Gasteiger charge is 2.36. The first-order valence-corrected chi connectivity index (χ1v) is 6.63. The van der Waals surface area contributed by atoms with Crippen molar-refractivity contribution < 1.29 is 14.6 Å². The van der Waals surface area contributed by atoms with Crippen LogP contribution in [0.1, 0.15) is 5.56 Å². The lowest BCUT2D eigenvalue weighted by Gasteiger charge is -2.26. The molecule has 18 heavy (non-hydrogen) atoms. The van der Waals surface area contributed by atoms with Crippen LogP contribution in [0.15, 0.2) is 28.7 Å². The predicted molar refractivity (Wildman–Crippen MR) is 71.3 cm³/mol. The van der Waals surface area contributed by atoms with Crippen LogP contribution in [0.25, 0.3) is 0 Å². The molecule has 0 aromatic heterocycles. The van der Waals surface area contributed by atoms with Crippen LogP contribution in [0.5, 0.6) is 0 Å². The summed E-state index contributed by atoms with van der Waals surface area (Å²) in [6, 6.07) is 7.91. The van der Waals surface area contributed by atoms with Crippen LogP contribution in [0.3, 0.4) is 0 Å². The Hall–Kier alpha value is -0.910. The van der Waals surface area contributed by atoms with E-state index in [1.807, 2.05) is 36.2 Å². The topological polar surface area (TPSA) is 49.8 Å². The second kappa shape index (κ2) is 5.82. The molecule has 1 aromatic carbocycles. The minimum Gasteiger partial charge on any atom is -0.481 e. The molecular weight excluding hydrogens is 298 g/mol. The number of nitrogens with zero attached hydrogens (tertiary/aromatic N) is 1. The van der Waals surface area contributed by atoms with Gasteiger partial charge in [-0.3, -0.25) is 9.69 Å². The Morgan fingerprint density at radius 2 is 2.22 bits per heavy atom. The molecular formula is C13H16BrNO3. The number of rotatable bonds is 4. The van der Waals surface area contributed by atoms with E-state index in [1.54, 1.807) is 0 Å². The number of halogens is 1. The molecule has 1 fully saturated rings. The smallest absolute Gasteiger partial charge is 0.310 e. The molecule has 1 aliphatic rings. The van der Waals surface area contributed by atoms with Crippen LogP contribution in [0.4, 0.5) is 0 Å². The zero-order chi connectivity index (χ0) is 13.1. The van der Waals surface area contributed by atoms with Crippen molar-refractivity contribution in [1.29, 1.82) is 0 Å². The largest absolute Gasteiger partial charge is 0.481 e. The summed E-state index contributed by atoms with van der Waals surface area (Å²) in [7, 11) is 1.94. The van der Waals surface area contributed by atoms with Gasteiger partial charge in [0.15, 0.2) is 0 Å². The number of benzene rings is 1. The Labute approximate surface area is 115 Å². The van der Waals surface area contributed by atoms with Crippen LogP contribution >= 0.6 is 15.9 Å². The highest BCUT2D eigenvalue weighted by atomic mass is 79.9. The fourth-order valence-electron chi connectivity index (χ4n) is 2.23. The van der Waals surface area contributed by atoms with Crippen LogP contribution in [0.2, 0.25) is 0 Å². The maximum Gasteiger partial charge on any atom is 0.310 e. The summed E-state index contributed by atoms with van der Waals surface area (Å²) in [6.07, 6.45) is 0. The molecule has 1 N–H and O–H groups in total. The third kappa shape index (κ3) is 2.91. The van der Waals surface area contributed by atoms with E-state index in [1.165, 1.54) is 0 Å². The van der Waals surface area contributed by atoms with Crippen molar-refractivity contribution in [3.8, 4) is 0 Å². The number of carbonyl (C=O) groups is 1. The second-order valence-corrected chi connectivity index (χ2v) is 5.41. The number of ether oxygens (including phenoxy) is 1. The molecule has 0 bridgehead atoms. The zero-order valence-corrected chi connectivity index (χ0v) is 11.8. The molecule has 0 radical (unpaired) electrons. The Morgan fingerprint density at radius 1 is 1.50 bits per heavy atom. The normalized spacial score (nSPS) is 23.5. The molecule has 1 heterocycles. The van der Waals surface area contributed by atoms with Crippen LogP contribution in [0, 0.1) is 5.92 Å². The van der Waals surface area contributed by atoms with Crippen LogP contribution in [-0.2, 0) is 16.1 Å². The van der Waals surface area contributed by atoms with Gasteiger partial charge in [0.1, 0.15) is 0 Å². The summed E-state index contributed by atoms with van der Waals surface area (Å²) >= 11 is 3.50. The van der Waals surface area contributed by atoms with E-state index in [2.05, 4.69) is 15.9 Å². The van der Waals surface area contributed by atoms with Crippen LogP contribution < -0.4 is 0 Å². The summed E-state index contributed by atoms with van der Waals surface area (Å²) in [6.45, 7) is 1.50. The van der Waals surface area contributed by atoms with Crippen LogP contribution in [-0.4, -0.2) is 42.3 Å². The average Bonchev–Trinajstić information content (AvgIpc) is 2.81. The number of carboxylic acids is 1. The highest BCUT2D eigenvalue weighted by molar-refractivity contribution is 9.10. The van der Waals surface area contributed by atoms with E-state index < -0.39 is 11.9 Å². The van der Waals surface area contributed by atoms with Gasteiger partial charge in [0.25, 0.3) is 0 Å². The van der Waals surface area contributed by atoms with Gasteiger partial charge in [0, 0.05) is 17.1 Å². The maximum atomic E-state index is 11.1. The minimum atomic E-state index is -0.781. The fraction of sp³-hybridized carbons (Fsp3) is 0.462. The quantitative estimate of drug-likeness (QED) is 0.923. The zero-order valence-electron chi connectivity index (χ0n) is 10.2. The summed E-state index contributed by atoms with van der Waals surface area (Å²) < 4.78 is 6.33. The van der Waals surface area contributed by atoms with E-state index >= 15 is 0 Å². The van der Waals surface area contributed by atoms with Crippen molar-refractivity contribution in [3.63, 3.8) is 0 Å². The predicted octanol–water partition coefficient (Wildman–Crippen LogP) is 1.98. The number of hydrogen-bond donors (Lipinski definition) is 1. The molecule has 5 heteroatoms. The standard InChI is InChI=1S/C13H16BrNO3/c1-15(6-9-4-2-3-5-11(9)14)12-8-18-7-10(12)13(16)17/h2-5,10,12H,6-8H2,1H3,(H,16,17). The summed E-state index contributed by atoms with van der Waals surface area (Å²) in [4.78, 5) is 13.2. The lowest BCUT2D eigenvalue weighted by atomic mass is 10.0. The molecule has 2 unspecified atom stereocenters. The van der Waals surface area contributed by atoms with Crippen molar-refractivity contribution >= 4 is 21.9 Å². The van der Waals surface area contributed by atoms with Gasteiger partial charge < -0.3 is 9.84 Å². The monoisotopic (exact) mass is 313 g/mol. The second-order valence-electron chi connectivity index (χ2n) is 4.56. The average molecular weight is 314 g/mol.